The molecule has 26 heavy (non-hydrogen) atoms. The Morgan fingerprint density at radius 2 is 1.62 bits per heavy atom. The van der Waals surface area contributed by atoms with Crippen LogP contribution in [0.1, 0.15) is 26.7 Å². The molecule has 0 radical (unpaired) electrons. The first-order chi connectivity index (χ1) is 12.3. The Balaban J connectivity index is 1.74. The number of piperazine rings is 1. The lowest BCUT2D eigenvalue weighted by Gasteiger charge is -2.41. The maximum atomic E-state index is 13.0. The van der Waals surface area contributed by atoms with Gasteiger partial charge in [-0.15, -0.1) is 0 Å². The fourth-order valence-corrected chi connectivity index (χ4v) is 5.32. The van der Waals surface area contributed by atoms with Crippen molar-refractivity contribution in [2.24, 2.45) is 5.92 Å². The molecule has 0 aromatic heterocycles. The molecule has 2 fully saturated rings. The number of carbonyl (C=O) groups is 1. The van der Waals surface area contributed by atoms with Gasteiger partial charge in [-0.2, -0.15) is 17.0 Å². The number of hydrogen-bond acceptors (Lipinski definition) is 4. The molecule has 2 saturated heterocycles. The number of nitrogens with zero attached hydrogens (tertiary/aromatic N) is 3. The number of methoxy groups -OCH3 is 1. The number of anilines is 1. The zero-order valence-electron chi connectivity index (χ0n) is 15.6. The number of amides is 1. The Kier molecular flexibility index (Phi) is 5.55. The van der Waals surface area contributed by atoms with Gasteiger partial charge < -0.3 is 9.64 Å². The summed E-state index contributed by atoms with van der Waals surface area (Å²) in [6.07, 6.45) is 1.74. The van der Waals surface area contributed by atoms with Crippen LogP contribution in [0.2, 0.25) is 0 Å². The molecule has 7 nitrogen and oxygen atoms in total. The molecule has 8 heteroatoms. The second-order valence-electron chi connectivity index (χ2n) is 7.06. The van der Waals surface area contributed by atoms with Gasteiger partial charge in [0.05, 0.1) is 7.11 Å². The van der Waals surface area contributed by atoms with E-state index in [0.717, 1.165) is 24.3 Å². The molecule has 1 atom stereocenters. The van der Waals surface area contributed by atoms with Gasteiger partial charge in [-0.1, -0.05) is 6.92 Å². The Labute approximate surface area is 155 Å². The van der Waals surface area contributed by atoms with Gasteiger partial charge in [-0.05, 0) is 49.9 Å². The highest BCUT2D eigenvalue weighted by molar-refractivity contribution is 7.86. The lowest BCUT2D eigenvalue weighted by molar-refractivity contribution is -0.123. The maximum Gasteiger partial charge on any atom is 0.282 e. The fraction of sp³-hybridized carbons (Fsp3) is 0.611. The van der Waals surface area contributed by atoms with Crippen LogP contribution in [0, 0.1) is 5.92 Å². The van der Waals surface area contributed by atoms with E-state index in [0.29, 0.717) is 32.1 Å². The number of ether oxygens (including phenoxy) is 1. The molecule has 0 aliphatic carbocycles. The summed E-state index contributed by atoms with van der Waals surface area (Å²) in [5.74, 6) is 1.07. The maximum absolute atomic E-state index is 13.0. The molecule has 3 rings (SSSR count). The zero-order valence-corrected chi connectivity index (χ0v) is 16.4. The predicted octanol–water partition coefficient (Wildman–Crippen LogP) is 1.71. The molecule has 144 valence electrons. The van der Waals surface area contributed by atoms with Crippen molar-refractivity contribution >= 4 is 21.8 Å². The Morgan fingerprint density at radius 1 is 1.00 bits per heavy atom. The van der Waals surface area contributed by atoms with Crippen LogP contribution in [0.25, 0.3) is 0 Å². The van der Waals surface area contributed by atoms with Crippen molar-refractivity contribution in [3.05, 3.63) is 24.3 Å². The molecular weight excluding hydrogens is 354 g/mol. The van der Waals surface area contributed by atoms with E-state index in [4.69, 9.17) is 4.74 Å². The first kappa shape index (κ1) is 19.1. The fourth-order valence-electron chi connectivity index (χ4n) is 3.55. The lowest BCUT2D eigenvalue weighted by atomic mass is 10.0. The van der Waals surface area contributed by atoms with E-state index in [1.807, 2.05) is 12.1 Å². The SMILES string of the molecule is COc1ccc(N2CCN(S(=O)(=O)N3CCC(C)CC3)[C@H](C)C2=O)cc1. The Bertz CT molecular complexity index is 742. The van der Waals surface area contributed by atoms with Gasteiger partial charge in [0, 0.05) is 31.9 Å². The predicted molar refractivity (Wildman–Crippen MR) is 100 cm³/mol. The summed E-state index contributed by atoms with van der Waals surface area (Å²) < 4.78 is 34.0. The van der Waals surface area contributed by atoms with E-state index in [-0.39, 0.29) is 5.91 Å². The third-order valence-electron chi connectivity index (χ3n) is 5.35. The molecule has 2 heterocycles. The molecule has 0 N–H and O–H groups in total. The highest BCUT2D eigenvalue weighted by Crippen LogP contribution is 2.27. The molecule has 0 saturated carbocycles. The van der Waals surface area contributed by atoms with Gasteiger partial charge in [0.25, 0.3) is 10.2 Å². The first-order valence-electron chi connectivity index (χ1n) is 9.07. The van der Waals surface area contributed by atoms with Crippen molar-refractivity contribution in [3.8, 4) is 5.75 Å². The van der Waals surface area contributed by atoms with Crippen molar-refractivity contribution < 1.29 is 17.9 Å². The topological polar surface area (TPSA) is 70.2 Å². The second-order valence-corrected chi connectivity index (χ2v) is 8.95. The number of hydrogen-bond donors (Lipinski definition) is 0. The van der Waals surface area contributed by atoms with Crippen LogP contribution in [-0.2, 0) is 15.0 Å². The number of carbonyl (C=O) groups excluding carboxylic acids is 1. The molecule has 1 aromatic rings. The van der Waals surface area contributed by atoms with E-state index < -0.39 is 16.3 Å². The van der Waals surface area contributed by atoms with Crippen LogP contribution < -0.4 is 9.64 Å². The smallest absolute Gasteiger partial charge is 0.282 e. The van der Waals surface area contributed by atoms with Crippen LogP contribution in [-0.4, -0.2) is 62.3 Å². The second kappa shape index (κ2) is 7.54. The van der Waals surface area contributed by atoms with Gasteiger partial charge in [-0.25, -0.2) is 0 Å². The lowest BCUT2D eigenvalue weighted by Crippen LogP contribution is -2.60. The van der Waals surface area contributed by atoms with Crippen molar-refractivity contribution in [3.63, 3.8) is 0 Å². The average Bonchev–Trinajstić information content (AvgIpc) is 2.64. The van der Waals surface area contributed by atoms with Gasteiger partial charge in [0.15, 0.2) is 0 Å². The summed E-state index contributed by atoms with van der Waals surface area (Å²) in [4.78, 5) is 14.5. The Morgan fingerprint density at radius 3 is 2.19 bits per heavy atom. The van der Waals surface area contributed by atoms with Crippen LogP contribution in [0.5, 0.6) is 5.75 Å². The minimum atomic E-state index is -3.61. The number of piperidine rings is 1. The van der Waals surface area contributed by atoms with Crippen molar-refractivity contribution in [2.75, 3.05) is 38.2 Å². The Hall–Kier alpha value is -1.64. The summed E-state index contributed by atoms with van der Waals surface area (Å²) in [7, 11) is -2.02. The highest BCUT2D eigenvalue weighted by atomic mass is 32.2. The number of benzene rings is 1. The van der Waals surface area contributed by atoms with E-state index in [9.17, 15) is 13.2 Å². The molecule has 1 amide bonds. The molecule has 0 bridgehead atoms. The van der Waals surface area contributed by atoms with Crippen molar-refractivity contribution in [1.82, 2.24) is 8.61 Å². The van der Waals surface area contributed by atoms with Gasteiger partial charge in [-0.3, -0.25) is 4.79 Å². The van der Waals surface area contributed by atoms with E-state index in [1.165, 1.54) is 8.61 Å². The largest absolute Gasteiger partial charge is 0.497 e. The molecule has 1 aromatic carbocycles. The van der Waals surface area contributed by atoms with E-state index in [2.05, 4.69) is 6.92 Å². The normalized spacial score (nSPS) is 24.0. The van der Waals surface area contributed by atoms with Gasteiger partial charge >= 0.3 is 0 Å². The molecular formula is C18H27N3O4S. The third kappa shape index (κ3) is 3.58. The summed E-state index contributed by atoms with van der Waals surface area (Å²) in [5, 5.41) is 0. The molecule has 2 aliphatic rings. The van der Waals surface area contributed by atoms with Crippen LogP contribution in [0.3, 0.4) is 0 Å². The molecule has 0 unspecified atom stereocenters. The average molecular weight is 381 g/mol. The molecule has 2 aliphatic heterocycles. The van der Waals surface area contributed by atoms with Crippen molar-refractivity contribution in [1.29, 1.82) is 0 Å². The standard InChI is InChI=1S/C18H27N3O4S/c1-14-8-10-19(11-9-14)26(23,24)21-13-12-20(18(22)15(21)2)16-4-6-17(25-3)7-5-16/h4-7,14-15H,8-13H2,1-3H3/t15-/m1/s1. The minimum Gasteiger partial charge on any atom is -0.497 e. The molecule has 0 spiro atoms. The number of rotatable bonds is 4. The van der Waals surface area contributed by atoms with E-state index in [1.54, 1.807) is 31.1 Å². The van der Waals surface area contributed by atoms with Crippen LogP contribution in [0.15, 0.2) is 24.3 Å². The zero-order chi connectivity index (χ0) is 18.9. The third-order valence-corrected chi connectivity index (χ3v) is 7.46. The van der Waals surface area contributed by atoms with E-state index >= 15 is 0 Å². The van der Waals surface area contributed by atoms with Gasteiger partial charge in [0.1, 0.15) is 11.8 Å². The van der Waals surface area contributed by atoms with Gasteiger partial charge in [0.2, 0.25) is 5.91 Å². The summed E-state index contributed by atoms with van der Waals surface area (Å²) in [6.45, 7) is 5.52. The monoisotopic (exact) mass is 381 g/mol. The van der Waals surface area contributed by atoms with Crippen molar-refractivity contribution in [2.45, 2.75) is 32.7 Å². The summed E-state index contributed by atoms with van der Waals surface area (Å²) in [6, 6.07) is 6.52. The first-order valence-corrected chi connectivity index (χ1v) is 10.5. The van der Waals surface area contributed by atoms with Crippen LogP contribution in [0.4, 0.5) is 5.69 Å². The minimum absolute atomic E-state index is 0.199. The quantitative estimate of drug-likeness (QED) is 0.796. The summed E-state index contributed by atoms with van der Waals surface area (Å²) >= 11 is 0. The summed E-state index contributed by atoms with van der Waals surface area (Å²) in [5.41, 5.74) is 0.756. The highest BCUT2D eigenvalue weighted by Gasteiger charge is 2.42. The van der Waals surface area contributed by atoms with Crippen LogP contribution >= 0.6 is 0 Å².